The third-order valence-electron chi connectivity index (χ3n) is 4.16. The third kappa shape index (κ3) is 3.18. The standard InChI is InChI=1S/C22H20O4/c1-3-5-13-25-18-12-11-17-19(22(18)26-14-6-4-2)21(24)16-10-8-7-9-15(16)20(17)23/h3-4,7-12H,1-2,5-6,13-14H2. The SMILES string of the molecule is C=CCCOc1ccc2c(c1OCCC=C)C(=O)c1ccccc1C2=O. The first-order chi connectivity index (χ1) is 12.7. The van der Waals surface area contributed by atoms with E-state index in [0.717, 1.165) is 0 Å². The van der Waals surface area contributed by atoms with Gasteiger partial charge in [0.2, 0.25) is 0 Å². The molecule has 3 rings (SSSR count). The lowest BCUT2D eigenvalue weighted by molar-refractivity contribution is 0.0974. The van der Waals surface area contributed by atoms with Crippen LogP contribution in [0, 0.1) is 0 Å². The fraction of sp³-hybridized carbons (Fsp3) is 0.182. The highest BCUT2D eigenvalue weighted by Crippen LogP contribution is 2.39. The second kappa shape index (κ2) is 7.83. The summed E-state index contributed by atoms with van der Waals surface area (Å²) in [5.41, 5.74) is 1.43. The van der Waals surface area contributed by atoms with Crippen LogP contribution < -0.4 is 9.47 Å². The van der Waals surface area contributed by atoms with Crippen molar-refractivity contribution in [2.45, 2.75) is 12.8 Å². The van der Waals surface area contributed by atoms with Gasteiger partial charge in [0.05, 0.1) is 18.8 Å². The molecular weight excluding hydrogens is 328 g/mol. The Balaban J connectivity index is 2.09. The van der Waals surface area contributed by atoms with Gasteiger partial charge < -0.3 is 9.47 Å². The first-order valence-electron chi connectivity index (χ1n) is 8.51. The molecule has 0 bridgehead atoms. The topological polar surface area (TPSA) is 52.6 Å². The van der Waals surface area contributed by atoms with Gasteiger partial charge in [-0.25, -0.2) is 0 Å². The number of ether oxygens (including phenoxy) is 2. The second-order valence-corrected chi connectivity index (χ2v) is 5.87. The maximum absolute atomic E-state index is 13.1. The molecule has 0 saturated carbocycles. The molecule has 0 aromatic heterocycles. The van der Waals surface area contributed by atoms with E-state index in [-0.39, 0.29) is 17.1 Å². The van der Waals surface area contributed by atoms with Crippen LogP contribution in [0.15, 0.2) is 61.7 Å². The average Bonchev–Trinajstić information content (AvgIpc) is 2.67. The molecule has 0 atom stereocenters. The van der Waals surface area contributed by atoms with E-state index in [1.54, 1.807) is 48.6 Å². The summed E-state index contributed by atoms with van der Waals surface area (Å²) in [6.07, 6.45) is 4.77. The number of rotatable bonds is 8. The summed E-state index contributed by atoms with van der Waals surface area (Å²) in [6, 6.07) is 10.2. The molecule has 0 radical (unpaired) electrons. The van der Waals surface area contributed by atoms with Crippen LogP contribution in [0.1, 0.15) is 44.7 Å². The van der Waals surface area contributed by atoms with Gasteiger partial charge in [-0.1, -0.05) is 36.4 Å². The Morgan fingerprint density at radius 2 is 1.38 bits per heavy atom. The molecule has 1 aliphatic carbocycles. The molecule has 0 heterocycles. The van der Waals surface area contributed by atoms with Crippen molar-refractivity contribution >= 4 is 11.6 Å². The maximum Gasteiger partial charge on any atom is 0.198 e. The molecule has 1 aliphatic rings. The van der Waals surface area contributed by atoms with Gasteiger partial charge in [0.1, 0.15) is 0 Å². The van der Waals surface area contributed by atoms with Crippen molar-refractivity contribution in [2.75, 3.05) is 13.2 Å². The van der Waals surface area contributed by atoms with Crippen LogP contribution in [0.4, 0.5) is 0 Å². The molecule has 2 aromatic rings. The Morgan fingerprint density at radius 1 is 0.769 bits per heavy atom. The minimum absolute atomic E-state index is 0.179. The van der Waals surface area contributed by atoms with Crippen molar-refractivity contribution < 1.29 is 19.1 Å². The molecule has 2 aromatic carbocycles. The first kappa shape index (κ1) is 17.7. The Kier molecular flexibility index (Phi) is 5.32. The lowest BCUT2D eigenvalue weighted by atomic mass is 9.83. The van der Waals surface area contributed by atoms with Crippen molar-refractivity contribution in [2.24, 2.45) is 0 Å². The van der Waals surface area contributed by atoms with Gasteiger partial charge in [-0.05, 0) is 25.0 Å². The predicted molar refractivity (Wildman–Crippen MR) is 100 cm³/mol. The Hall–Kier alpha value is -3.14. The molecule has 0 unspecified atom stereocenters. The number of benzene rings is 2. The summed E-state index contributed by atoms with van der Waals surface area (Å²) < 4.78 is 11.6. The van der Waals surface area contributed by atoms with E-state index < -0.39 is 0 Å². The zero-order valence-corrected chi connectivity index (χ0v) is 14.5. The predicted octanol–water partition coefficient (Wildman–Crippen LogP) is 4.37. The lowest BCUT2D eigenvalue weighted by Crippen LogP contribution is -2.22. The van der Waals surface area contributed by atoms with Gasteiger partial charge in [-0.3, -0.25) is 9.59 Å². The van der Waals surface area contributed by atoms with Crippen molar-refractivity contribution in [3.05, 3.63) is 84.0 Å². The zero-order chi connectivity index (χ0) is 18.5. The average molecular weight is 348 g/mol. The lowest BCUT2D eigenvalue weighted by Gasteiger charge is -2.22. The Morgan fingerprint density at radius 3 is 2.04 bits per heavy atom. The Bertz CT molecular complexity index is 880. The molecule has 132 valence electrons. The van der Waals surface area contributed by atoms with Crippen LogP contribution in [-0.4, -0.2) is 24.8 Å². The fourth-order valence-corrected chi connectivity index (χ4v) is 2.89. The molecule has 0 amide bonds. The van der Waals surface area contributed by atoms with Crippen molar-refractivity contribution in [1.29, 1.82) is 0 Å². The van der Waals surface area contributed by atoms with E-state index in [1.807, 2.05) is 0 Å². The van der Waals surface area contributed by atoms with Crippen LogP contribution in [-0.2, 0) is 0 Å². The zero-order valence-electron chi connectivity index (χ0n) is 14.5. The van der Waals surface area contributed by atoms with E-state index in [1.165, 1.54) is 0 Å². The molecule has 0 spiro atoms. The summed E-state index contributed by atoms with van der Waals surface area (Å²) in [6.45, 7) is 8.11. The molecule has 0 saturated heterocycles. The van der Waals surface area contributed by atoms with E-state index in [9.17, 15) is 9.59 Å². The van der Waals surface area contributed by atoms with Crippen molar-refractivity contribution in [1.82, 2.24) is 0 Å². The molecule has 26 heavy (non-hydrogen) atoms. The largest absolute Gasteiger partial charge is 0.489 e. The molecule has 0 aliphatic heterocycles. The van der Waals surface area contributed by atoms with E-state index in [4.69, 9.17) is 9.47 Å². The number of ketones is 2. The summed E-state index contributed by atoms with van der Waals surface area (Å²) in [5, 5.41) is 0. The van der Waals surface area contributed by atoms with Gasteiger partial charge in [0.15, 0.2) is 23.1 Å². The number of hydrogen-bond acceptors (Lipinski definition) is 4. The fourth-order valence-electron chi connectivity index (χ4n) is 2.89. The van der Waals surface area contributed by atoms with Crippen LogP contribution >= 0.6 is 0 Å². The summed E-state index contributed by atoms with van der Waals surface area (Å²) in [5.74, 6) is 0.371. The monoisotopic (exact) mass is 348 g/mol. The summed E-state index contributed by atoms with van der Waals surface area (Å²) in [4.78, 5) is 25.9. The third-order valence-corrected chi connectivity index (χ3v) is 4.16. The van der Waals surface area contributed by atoms with E-state index in [0.29, 0.717) is 54.2 Å². The van der Waals surface area contributed by atoms with Gasteiger partial charge in [-0.15, -0.1) is 13.2 Å². The normalized spacial score (nSPS) is 12.2. The van der Waals surface area contributed by atoms with Crippen LogP contribution in [0.2, 0.25) is 0 Å². The number of carbonyl (C=O) groups excluding carboxylic acids is 2. The molecular formula is C22H20O4. The molecule has 4 nitrogen and oxygen atoms in total. The van der Waals surface area contributed by atoms with Gasteiger partial charge in [0.25, 0.3) is 0 Å². The molecule has 4 heteroatoms. The van der Waals surface area contributed by atoms with E-state index >= 15 is 0 Å². The highest BCUT2D eigenvalue weighted by Gasteiger charge is 2.33. The van der Waals surface area contributed by atoms with Crippen molar-refractivity contribution in [3.63, 3.8) is 0 Å². The maximum atomic E-state index is 13.1. The first-order valence-corrected chi connectivity index (χ1v) is 8.51. The van der Waals surface area contributed by atoms with E-state index in [2.05, 4.69) is 13.2 Å². The summed E-state index contributed by atoms with van der Waals surface area (Å²) in [7, 11) is 0. The highest BCUT2D eigenvalue weighted by atomic mass is 16.5. The van der Waals surface area contributed by atoms with Crippen LogP contribution in [0.5, 0.6) is 11.5 Å². The Labute approximate surface area is 152 Å². The number of carbonyl (C=O) groups is 2. The van der Waals surface area contributed by atoms with Gasteiger partial charge >= 0.3 is 0 Å². The minimum Gasteiger partial charge on any atom is -0.489 e. The van der Waals surface area contributed by atoms with Crippen LogP contribution in [0.25, 0.3) is 0 Å². The van der Waals surface area contributed by atoms with Gasteiger partial charge in [-0.2, -0.15) is 0 Å². The summed E-state index contributed by atoms with van der Waals surface area (Å²) >= 11 is 0. The highest BCUT2D eigenvalue weighted by molar-refractivity contribution is 6.29. The quantitative estimate of drug-likeness (QED) is 0.448. The molecule has 0 N–H and O–H groups in total. The smallest absolute Gasteiger partial charge is 0.198 e. The van der Waals surface area contributed by atoms with Crippen molar-refractivity contribution in [3.8, 4) is 11.5 Å². The number of fused-ring (bicyclic) bond motifs is 2. The minimum atomic E-state index is -0.224. The second-order valence-electron chi connectivity index (χ2n) is 5.87. The van der Waals surface area contributed by atoms with Crippen LogP contribution in [0.3, 0.4) is 0 Å². The number of hydrogen-bond donors (Lipinski definition) is 0. The molecule has 0 fully saturated rings. The van der Waals surface area contributed by atoms with Gasteiger partial charge in [0, 0.05) is 16.7 Å².